The van der Waals surface area contributed by atoms with Crippen molar-refractivity contribution in [2.45, 2.75) is 0 Å². The topological polar surface area (TPSA) is 26.3 Å². The lowest BCUT2D eigenvalue weighted by molar-refractivity contribution is 0.0602. The predicted octanol–water partition coefficient (Wildman–Crippen LogP) is 3.96. The summed E-state index contributed by atoms with van der Waals surface area (Å²) in [6.07, 6.45) is 0. The molecule has 0 N–H and O–H groups in total. The molecule has 2 nitrogen and oxygen atoms in total. The number of carbonyl (C=O) groups excluding carboxylic acids is 1. The molecule has 0 saturated carbocycles. The van der Waals surface area contributed by atoms with Gasteiger partial charge in [-0.15, -0.1) is 0 Å². The van der Waals surface area contributed by atoms with E-state index in [1.165, 1.54) is 18.4 Å². The molecule has 0 aliphatic heterocycles. The van der Waals surface area contributed by atoms with E-state index >= 15 is 0 Å². The number of rotatable bonds is 2. The minimum atomic E-state index is -0.292. The van der Waals surface area contributed by atoms with Gasteiger partial charge in [0, 0.05) is 15.4 Å². The van der Waals surface area contributed by atoms with Crippen LogP contribution in [-0.2, 0) is 4.74 Å². The highest BCUT2D eigenvalue weighted by Crippen LogP contribution is 2.28. The summed E-state index contributed by atoms with van der Waals surface area (Å²) in [5, 5.41) is 3.76. The van der Waals surface area contributed by atoms with Gasteiger partial charge in [0.25, 0.3) is 0 Å². The maximum atomic E-state index is 11.5. The second-order valence-electron chi connectivity index (χ2n) is 3.20. The Hall–Kier alpha value is -1.13. The summed E-state index contributed by atoms with van der Waals surface area (Å²) in [6.45, 7) is 0. The molecule has 0 aliphatic carbocycles. The van der Waals surface area contributed by atoms with Crippen molar-refractivity contribution < 1.29 is 9.53 Å². The van der Waals surface area contributed by atoms with Gasteiger partial charge in [0.15, 0.2) is 0 Å². The molecule has 0 spiro atoms. The van der Waals surface area contributed by atoms with Crippen molar-refractivity contribution in [1.29, 1.82) is 0 Å². The fourth-order valence-corrected chi connectivity index (χ4v) is 2.51. The van der Waals surface area contributed by atoms with E-state index in [2.05, 4.69) is 15.9 Å². The van der Waals surface area contributed by atoms with Crippen LogP contribution in [-0.4, -0.2) is 13.1 Å². The molecule has 0 saturated heterocycles. The summed E-state index contributed by atoms with van der Waals surface area (Å²) >= 11 is 4.88. The number of hydrogen-bond acceptors (Lipinski definition) is 3. The average molecular weight is 297 g/mol. The first-order chi connectivity index (χ1) is 7.72. The normalized spacial score (nSPS) is 10.1. The van der Waals surface area contributed by atoms with E-state index in [0.29, 0.717) is 5.56 Å². The van der Waals surface area contributed by atoms with Crippen molar-refractivity contribution in [3.05, 3.63) is 45.1 Å². The van der Waals surface area contributed by atoms with Gasteiger partial charge in [-0.1, -0.05) is 28.1 Å². The quantitative estimate of drug-likeness (QED) is 0.784. The van der Waals surface area contributed by atoms with Crippen molar-refractivity contribution in [3.8, 4) is 11.1 Å². The molecule has 1 heterocycles. The van der Waals surface area contributed by atoms with Crippen LogP contribution < -0.4 is 0 Å². The highest BCUT2D eigenvalue weighted by molar-refractivity contribution is 9.10. The van der Waals surface area contributed by atoms with Crippen LogP contribution in [0.4, 0.5) is 0 Å². The van der Waals surface area contributed by atoms with E-state index in [1.807, 2.05) is 35.0 Å². The van der Waals surface area contributed by atoms with E-state index in [0.717, 1.165) is 15.6 Å². The Kier molecular flexibility index (Phi) is 3.41. The lowest BCUT2D eigenvalue weighted by atomic mass is 10.1. The number of carbonyl (C=O) groups is 1. The third kappa shape index (κ3) is 2.18. The van der Waals surface area contributed by atoms with Gasteiger partial charge in [0.1, 0.15) is 0 Å². The van der Waals surface area contributed by atoms with Gasteiger partial charge in [-0.05, 0) is 23.1 Å². The lowest BCUT2D eigenvalue weighted by Gasteiger charge is -2.02. The molecule has 1 aromatic heterocycles. The summed E-state index contributed by atoms with van der Waals surface area (Å²) in [5.74, 6) is -0.292. The molecule has 0 unspecified atom stereocenters. The van der Waals surface area contributed by atoms with Crippen molar-refractivity contribution in [2.75, 3.05) is 7.11 Å². The van der Waals surface area contributed by atoms with Crippen LogP contribution in [0.3, 0.4) is 0 Å². The Morgan fingerprint density at radius 3 is 2.56 bits per heavy atom. The van der Waals surface area contributed by atoms with Crippen molar-refractivity contribution >= 4 is 33.2 Å². The molecule has 1 aromatic carbocycles. The average Bonchev–Trinajstić information content (AvgIpc) is 2.78. The Morgan fingerprint density at radius 1 is 1.25 bits per heavy atom. The fraction of sp³-hybridized carbons (Fsp3) is 0.0833. The minimum Gasteiger partial charge on any atom is -0.465 e. The largest absolute Gasteiger partial charge is 0.465 e. The number of benzene rings is 1. The van der Waals surface area contributed by atoms with Crippen LogP contribution in [0.1, 0.15) is 10.4 Å². The summed E-state index contributed by atoms with van der Waals surface area (Å²) in [7, 11) is 1.39. The maximum Gasteiger partial charge on any atom is 0.339 e. The molecule has 4 heteroatoms. The summed E-state index contributed by atoms with van der Waals surface area (Å²) in [5.41, 5.74) is 2.56. The lowest BCUT2D eigenvalue weighted by Crippen LogP contribution is -2.00. The Morgan fingerprint density at radius 2 is 1.94 bits per heavy atom. The zero-order chi connectivity index (χ0) is 11.5. The molecule has 16 heavy (non-hydrogen) atoms. The number of ether oxygens (including phenoxy) is 1. The van der Waals surface area contributed by atoms with Gasteiger partial charge < -0.3 is 4.74 Å². The smallest absolute Gasteiger partial charge is 0.339 e. The third-order valence-electron chi connectivity index (χ3n) is 2.22. The number of hydrogen-bond donors (Lipinski definition) is 0. The molecular formula is C12H9BrO2S. The molecule has 0 atom stereocenters. The zero-order valence-electron chi connectivity index (χ0n) is 8.57. The molecule has 0 radical (unpaired) electrons. The second kappa shape index (κ2) is 4.80. The summed E-state index contributed by atoms with van der Waals surface area (Å²) in [4.78, 5) is 11.5. The summed E-state index contributed by atoms with van der Waals surface area (Å²) in [6, 6.07) is 7.85. The Bertz CT molecular complexity index is 502. The van der Waals surface area contributed by atoms with Crippen molar-refractivity contribution in [2.24, 2.45) is 0 Å². The van der Waals surface area contributed by atoms with Gasteiger partial charge in [0.2, 0.25) is 0 Å². The van der Waals surface area contributed by atoms with Gasteiger partial charge in [-0.2, -0.15) is 11.3 Å². The number of esters is 1. The maximum absolute atomic E-state index is 11.5. The van der Waals surface area contributed by atoms with E-state index < -0.39 is 0 Å². The van der Waals surface area contributed by atoms with E-state index in [4.69, 9.17) is 4.74 Å². The van der Waals surface area contributed by atoms with Crippen molar-refractivity contribution in [3.63, 3.8) is 0 Å². The highest BCUT2D eigenvalue weighted by Gasteiger charge is 2.13. The molecule has 0 bridgehead atoms. The first kappa shape index (κ1) is 11.4. The minimum absolute atomic E-state index is 0.292. The Balaban J connectivity index is 2.44. The van der Waals surface area contributed by atoms with Crippen molar-refractivity contribution in [1.82, 2.24) is 0 Å². The monoisotopic (exact) mass is 296 g/mol. The molecular weight excluding hydrogens is 288 g/mol. The van der Waals surface area contributed by atoms with E-state index in [9.17, 15) is 4.79 Å². The SMILES string of the molecule is COC(=O)c1cscc1-c1ccc(Br)cc1. The van der Waals surface area contributed by atoms with E-state index in [1.54, 1.807) is 0 Å². The van der Waals surface area contributed by atoms with Gasteiger partial charge in [-0.25, -0.2) is 4.79 Å². The van der Waals surface area contributed by atoms with Crippen LogP contribution in [0.15, 0.2) is 39.5 Å². The van der Waals surface area contributed by atoms with Crippen LogP contribution in [0, 0.1) is 0 Å². The third-order valence-corrected chi connectivity index (χ3v) is 3.49. The number of halogens is 1. The van der Waals surface area contributed by atoms with Gasteiger partial charge in [0.05, 0.1) is 12.7 Å². The molecule has 0 fully saturated rings. The van der Waals surface area contributed by atoms with Crippen LogP contribution >= 0.6 is 27.3 Å². The standard InChI is InChI=1S/C12H9BrO2S/c1-15-12(14)11-7-16-6-10(11)8-2-4-9(13)5-3-8/h2-7H,1H3. The predicted molar refractivity (Wildman–Crippen MR) is 68.8 cm³/mol. The molecule has 2 rings (SSSR count). The Labute approximate surface area is 106 Å². The molecule has 82 valence electrons. The number of thiophene rings is 1. The van der Waals surface area contributed by atoms with E-state index in [-0.39, 0.29) is 5.97 Å². The molecule has 0 amide bonds. The van der Waals surface area contributed by atoms with Crippen LogP contribution in [0.25, 0.3) is 11.1 Å². The molecule has 2 aromatic rings. The fourth-order valence-electron chi connectivity index (χ4n) is 1.42. The first-order valence-corrected chi connectivity index (χ1v) is 6.36. The van der Waals surface area contributed by atoms with Gasteiger partial charge >= 0.3 is 5.97 Å². The second-order valence-corrected chi connectivity index (χ2v) is 4.86. The van der Waals surface area contributed by atoms with Gasteiger partial charge in [-0.3, -0.25) is 0 Å². The summed E-state index contributed by atoms with van der Waals surface area (Å²) < 4.78 is 5.76. The highest BCUT2D eigenvalue weighted by atomic mass is 79.9. The van der Waals surface area contributed by atoms with Crippen LogP contribution in [0.2, 0.25) is 0 Å². The first-order valence-electron chi connectivity index (χ1n) is 4.63. The number of methoxy groups -OCH3 is 1. The zero-order valence-corrected chi connectivity index (χ0v) is 11.0. The van der Waals surface area contributed by atoms with Crippen LogP contribution in [0.5, 0.6) is 0 Å². The molecule has 0 aliphatic rings.